The second-order valence-electron chi connectivity index (χ2n) is 3.78. The number of benzene rings is 1. The molecule has 17 heavy (non-hydrogen) atoms. The van der Waals surface area contributed by atoms with Gasteiger partial charge in [0, 0.05) is 11.8 Å². The molecule has 0 aliphatic carbocycles. The zero-order valence-electron chi connectivity index (χ0n) is 9.99. The first kappa shape index (κ1) is 11.9. The highest BCUT2D eigenvalue weighted by Crippen LogP contribution is 2.30. The van der Waals surface area contributed by atoms with Crippen LogP contribution in [-0.4, -0.2) is 17.1 Å². The molecule has 88 valence electrons. The van der Waals surface area contributed by atoms with E-state index in [2.05, 4.69) is 9.97 Å². The lowest BCUT2D eigenvalue weighted by Gasteiger charge is -2.12. The maximum atomic E-state index is 5.80. The largest absolute Gasteiger partial charge is 0.496 e. The summed E-state index contributed by atoms with van der Waals surface area (Å²) in [5.41, 5.74) is 4.12. The normalized spacial score (nSPS) is 10.4. The zero-order valence-corrected chi connectivity index (χ0v) is 10.7. The molecule has 0 aliphatic rings. The van der Waals surface area contributed by atoms with Gasteiger partial charge in [0.2, 0.25) is 5.28 Å². The SMILES string of the molecule is COc1ccc(-c2ccnc(Cl)n2)c(C)c1C. The van der Waals surface area contributed by atoms with E-state index in [0.29, 0.717) is 0 Å². The second-order valence-corrected chi connectivity index (χ2v) is 4.11. The molecule has 0 bridgehead atoms. The van der Waals surface area contributed by atoms with E-state index in [1.807, 2.05) is 32.0 Å². The van der Waals surface area contributed by atoms with Crippen molar-refractivity contribution >= 4 is 11.6 Å². The van der Waals surface area contributed by atoms with Crippen LogP contribution in [0.15, 0.2) is 24.4 Å². The summed E-state index contributed by atoms with van der Waals surface area (Å²) in [4.78, 5) is 8.10. The Balaban J connectivity index is 2.57. The third-order valence-corrected chi connectivity index (χ3v) is 3.04. The number of hydrogen-bond acceptors (Lipinski definition) is 3. The lowest BCUT2D eigenvalue weighted by molar-refractivity contribution is 0.411. The molecule has 0 N–H and O–H groups in total. The Kier molecular flexibility index (Phi) is 3.29. The number of rotatable bonds is 2. The summed E-state index contributed by atoms with van der Waals surface area (Å²) < 4.78 is 5.28. The predicted octanol–water partition coefficient (Wildman–Crippen LogP) is 3.42. The minimum absolute atomic E-state index is 0.260. The Morgan fingerprint density at radius 3 is 2.53 bits per heavy atom. The van der Waals surface area contributed by atoms with Crippen LogP contribution in [-0.2, 0) is 0 Å². The zero-order chi connectivity index (χ0) is 12.4. The van der Waals surface area contributed by atoms with Crippen LogP contribution in [0, 0.1) is 13.8 Å². The van der Waals surface area contributed by atoms with Crippen molar-refractivity contribution in [3.05, 3.63) is 40.8 Å². The van der Waals surface area contributed by atoms with Gasteiger partial charge in [-0.05, 0) is 54.8 Å². The van der Waals surface area contributed by atoms with Gasteiger partial charge in [-0.15, -0.1) is 0 Å². The fraction of sp³-hybridized carbons (Fsp3) is 0.231. The van der Waals surface area contributed by atoms with E-state index >= 15 is 0 Å². The predicted molar refractivity (Wildman–Crippen MR) is 68.5 cm³/mol. The van der Waals surface area contributed by atoms with E-state index in [1.165, 1.54) is 0 Å². The average Bonchev–Trinajstić information content (AvgIpc) is 2.32. The van der Waals surface area contributed by atoms with Crippen molar-refractivity contribution in [3.8, 4) is 17.0 Å². The summed E-state index contributed by atoms with van der Waals surface area (Å²) in [6.45, 7) is 4.07. The van der Waals surface area contributed by atoms with Crippen molar-refractivity contribution in [2.45, 2.75) is 13.8 Å². The van der Waals surface area contributed by atoms with Crippen LogP contribution in [0.3, 0.4) is 0 Å². The molecule has 0 saturated carbocycles. The summed E-state index contributed by atoms with van der Waals surface area (Å²) in [6.07, 6.45) is 1.66. The summed E-state index contributed by atoms with van der Waals surface area (Å²) in [6, 6.07) is 5.77. The van der Waals surface area contributed by atoms with Gasteiger partial charge in [0.25, 0.3) is 0 Å². The fourth-order valence-corrected chi connectivity index (χ4v) is 1.93. The molecule has 0 radical (unpaired) electrons. The Bertz CT molecular complexity index is 555. The third-order valence-electron chi connectivity index (χ3n) is 2.86. The molecule has 0 aliphatic heterocycles. The van der Waals surface area contributed by atoms with E-state index in [1.54, 1.807) is 13.3 Å². The van der Waals surface area contributed by atoms with Crippen molar-refractivity contribution in [2.75, 3.05) is 7.11 Å². The molecule has 3 nitrogen and oxygen atoms in total. The molecule has 1 aromatic carbocycles. The topological polar surface area (TPSA) is 35.0 Å². The molecule has 0 unspecified atom stereocenters. The van der Waals surface area contributed by atoms with Gasteiger partial charge in [-0.2, -0.15) is 0 Å². The van der Waals surface area contributed by atoms with E-state index in [0.717, 1.165) is 28.1 Å². The van der Waals surface area contributed by atoms with Crippen LogP contribution in [0.4, 0.5) is 0 Å². The summed E-state index contributed by atoms with van der Waals surface area (Å²) in [5.74, 6) is 0.881. The van der Waals surface area contributed by atoms with Gasteiger partial charge in [0.1, 0.15) is 5.75 Å². The van der Waals surface area contributed by atoms with Crippen LogP contribution < -0.4 is 4.74 Å². The van der Waals surface area contributed by atoms with E-state index in [9.17, 15) is 0 Å². The first-order valence-corrected chi connectivity index (χ1v) is 5.64. The highest BCUT2D eigenvalue weighted by atomic mass is 35.5. The summed E-state index contributed by atoms with van der Waals surface area (Å²) in [7, 11) is 1.67. The molecular weight excluding hydrogens is 236 g/mol. The first-order chi connectivity index (χ1) is 8.13. The lowest BCUT2D eigenvalue weighted by Crippen LogP contribution is -1.94. The van der Waals surface area contributed by atoms with Gasteiger partial charge < -0.3 is 4.74 Å². The van der Waals surface area contributed by atoms with Gasteiger partial charge in [0.05, 0.1) is 12.8 Å². The van der Waals surface area contributed by atoms with Gasteiger partial charge in [-0.25, -0.2) is 9.97 Å². The van der Waals surface area contributed by atoms with Crippen LogP contribution in [0.2, 0.25) is 5.28 Å². The van der Waals surface area contributed by atoms with Gasteiger partial charge in [-0.1, -0.05) is 0 Å². The van der Waals surface area contributed by atoms with E-state index < -0.39 is 0 Å². The molecular formula is C13H13ClN2O. The molecule has 2 aromatic rings. The van der Waals surface area contributed by atoms with E-state index in [4.69, 9.17) is 16.3 Å². The lowest BCUT2D eigenvalue weighted by atomic mass is 10.00. The van der Waals surface area contributed by atoms with Crippen molar-refractivity contribution in [3.63, 3.8) is 0 Å². The smallest absolute Gasteiger partial charge is 0.222 e. The highest BCUT2D eigenvalue weighted by Gasteiger charge is 2.09. The van der Waals surface area contributed by atoms with Gasteiger partial charge in [0.15, 0.2) is 0 Å². The van der Waals surface area contributed by atoms with Crippen LogP contribution in [0.5, 0.6) is 5.75 Å². The highest BCUT2D eigenvalue weighted by molar-refractivity contribution is 6.28. The Morgan fingerprint density at radius 2 is 1.88 bits per heavy atom. The molecule has 0 spiro atoms. The first-order valence-electron chi connectivity index (χ1n) is 5.26. The van der Waals surface area contributed by atoms with Crippen molar-refractivity contribution in [1.29, 1.82) is 0 Å². The molecule has 4 heteroatoms. The maximum absolute atomic E-state index is 5.80. The molecule has 0 fully saturated rings. The number of nitrogens with zero attached hydrogens (tertiary/aromatic N) is 2. The fourth-order valence-electron chi connectivity index (χ4n) is 1.78. The molecule has 0 atom stereocenters. The Hall–Kier alpha value is -1.61. The number of hydrogen-bond donors (Lipinski definition) is 0. The minimum Gasteiger partial charge on any atom is -0.496 e. The molecule has 0 saturated heterocycles. The Labute approximate surface area is 105 Å². The standard InChI is InChI=1S/C13H13ClN2O/c1-8-9(2)12(17-3)5-4-10(8)11-6-7-15-13(14)16-11/h4-7H,1-3H3. The Morgan fingerprint density at radius 1 is 1.12 bits per heavy atom. The molecule has 0 amide bonds. The maximum Gasteiger partial charge on any atom is 0.222 e. The van der Waals surface area contributed by atoms with Crippen molar-refractivity contribution < 1.29 is 4.74 Å². The average molecular weight is 249 g/mol. The van der Waals surface area contributed by atoms with Crippen LogP contribution in [0.1, 0.15) is 11.1 Å². The summed E-state index contributed by atoms with van der Waals surface area (Å²) >= 11 is 5.80. The van der Waals surface area contributed by atoms with Crippen LogP contribution in [0.25, 0.3) is 11.3 Å². The second kappa shape index (κ2) is 4.72. The summed E-state index contributed by atoms with van der Waals surface area (Å²) in [5, 5.41) is 0.260. The quantitative estimate of drug-likeness (QED) is 0.764. The number of aromatic nitrogens is 2. The van der Waals surface area contributed by atoms with Gasteiger partial charge in [-0.3, -0.25) is 0 Å². The third kappa shape index (κ3) is 2.24. The van der Waals surface area contributed by atoms with Crippen molar-refractivity contribution in [1.82, 2.24) is 9.97 Å². The number of methoxy groups -OCH3 is 1. The molecule has 1 heterocycles. The molecule has 1 aromatic heterocycles. The van der Waals surface area contributed by atoms with E-state index in [-0.39, 0.29) is 5.28 Å². The monoisotopic (exact) mass is 248 g/mol. The van der Waals surface area contributed by atoms with Gasteiger partial charge >= 0.3 is 0 Å². The number of halogens is 1. The van der Waals surface area contributed by atoms with Crippen molar-refractivity contribution in [2.24, 2.45) is 0 Å². The van der Waals surface area contributed by atoms with Crippen LogP contribution >= 0.6 is 11.6 Å². The molecule has 2 rings (SSSR count). The minimum atomic E-state index is 0.260. The number of ether oxygens (including phenoxy) is 1.